The van der Waals surface area contributed by atoms with Gasteiger partial charge in [-0.2, -0.15) is 0 Å². The summed E-state index contributed by atoms with van der Waals surface area (Å²) in [5.74, 6) is 0.0907. The zero-order valence-electron chi connectivity index (χ0n) is 11.6. The summed E-state index contributed by atoms with van der Waals surface area (Å²) in [5, 5.41) is 0. The van der Waals surface area contributed by atoms with E-state index < -0.39 is 0 Å². The Hall–Kier alpha value is -1.91. The number of rotatable bonds is 5. The molecule has 0 spiro atoms. The first-order valence-electron chi connectivity index (χ1n) is 6.64. The molecule has 1 unspecified atom stereocenters. The van der Waals surface area contributed by atoms with Gasteiger partial charge >= 0.3 is 5.97 Å². The summed E-state index contributed by atoms with van der Waals surface area (Å²) in [4.78, 5) is 23.8. The maximum absolute atomic E-state index is 12.0. The first kappa shape index (κ1) is 13.5. The van der Waals surface area contributed by atoms with Gasteiger partial charge in [0.1, 0.15) is 11.7 Å². The normalized spacial score (nSPS) is 12.6. The van der Waals surface area contributed by atoms with Gasteiger partial charge in [0.05, 0.1) is 12.1 Å². The highest BCUT2D eigenvalue weighted by molar-refractivity contribution is 5.79. The number of esters is 1. The van der Waals surface area contributed by atoms with Crippen molar-refractivity contribution in [3.8, 4) is 0 Å². The van der Waals surface area contributed by atoms with E-state index in [1.165, 1.54) is 0 Å². The predicted molar refractivity (Wildman–Crippen MR) is 72.9 cm³/mol. The van der Waals surface area contributed by atoms with Crippen molar-refractivity contribution < 1.29 is 9.53 Å². The van der Waals surface area contributed by atoms with Crippen molar-refractivity contribution in [1.82, 2.24) is 15.0 Å². The Kier molecular flexibility index (Phi) is 4.14. The van der Waals surface area contributed by atoms with Crippen LogP contribution in [0.5, 0.6) is 0 Å². The van der Waals surface area contributed by atoms with Gasteiger partial charge in [-0.15, -0.1) is 0 Å². The zero-order valence-corrected chi connectivity index (χ0v) is 11.6. The first-order valence-corrected chi connectivity index (χ1v) is 6.64. The minimum Gasteiger partial charge on any atom is -0.465 e. The number of pyridine rings is 1. The Morgan fingerprint density at radius 1 is 1.47 bits per heavy atom. The fraction of sp³-hybridized carbons (Fsp3) is 0.500. The van der Waals surface area contributed by atoms with Crippen LogP contribution in [-0.2, 0) is 9.53 Å². The minimum atomic E-state index is -0.334. The highest BCUT2D eigenvalue weighted by Crippen LogP contribution is 2.22. The molecule has 0 amide bonds. The Balaban J connectivity index is 2.35. The van der Waals surface area contributed by atoms with Crippen LogP contribution in [-0.4, -0.2) is 27.5 Å². The second-order valence-electron chi connectivity index (χ2n) is 4.60. The van der Waals surface area contributed by atoms with Crippen LogP contribution in [0.1, 0.15) is 44.0 Å². The average molecular weight is 261 g/mol. The van der Waals surface area contributed by atoms with Crippen molar-refractivity contribution in [2.45, 2.75) is 39.5 Å². The van der Waals surface area contributed by atoms with Crippen molar-refractivity contribution in [2.75, 3.05) is 6.61 Å². The van der Waals surface area contributed by atoms with Crippen molar-refractivity contribution in [1.29, 1.82) is 0 Å². The topological polar surface area (TPSA) is 67.9 Å². The summed E-state index contributed by atoms with van der Waals surface area (Å²) in [6.07, 6.45) is 3.39. The third-order valence-electron chi connectivity index (χ3n) is 2.97. The van der Waals surface area contributed by atoms with Crippen molar-refractivity contribution in [3.63, 3.8) is 0 Å². The van der Waals surface area contributed by atoms with E-state index >= 15 is 0 Å². The predicted octanol–water partition coefficient (Wildman–Crippen LogP) is 2.71. The Bertz CT molecular complexity index is 577. The van der Waals surface area contributed by atoms with Gasteiger partial charge in [-0.05, 0) is 31.9 Å². The largest absolute Gasteiger partial charge is 0.465 e. The van der Waals surface area contributed by atoms with Gasteiger partial charge in [0.25, 0.3) is 0 Å². The molecule has 2 aromatic heterocycles. The van der Waals surface area contributed by atoms with E-state index in [2.05, 4.69) is 15.0 Å². The molecule has 2 heterocycles. The molecule has 0 aliphatic heterocycles. The lowest BCUT2D eigenvalue weighted by molar-refractivity contribution is -0.145. The van der Waals surface area contributed by atoms with Gasteiger partial charge in [-0.1, -0.05) is 13.3 Å². The highest BCUT2D eigenvalue weighted by atomic mass is 16.5. The molecule has 19 heavy (non-hydrogen) atoms. The molecule has 0 aliphatic carbocycles. The fourth-order valence-corrected chi connectivity index (χ4v) is 2.09. The van der Waals surface area contributed by atoms with Gasteiger partial charge in [-0.25, -0.2) is 9.97 Å². The number of ether oxygens (including phenoxy) is 1. The van der Waals surface area contributed by atoms with E-state index in [0.717, 1.165) is 23.9 Å². The lowest BCUT2D eigenvalue weighted by atomic mass is 10.0. The van der Waals surface area contributed by atoms with Gasteiger partial charge in [-0.3, -0.25) is 4.79 Å². The number of aryl methyl sites for hydroxylation is 1. The SMILES string of the molecule is CCCC(C(=O)OCC)c1nc2ncc(C)cc2[nH]1. The minimum absolute atomic E-state index is 0.222. The molecule has 2 rings (SSSR count). The van der Waals surface area contributed by atoms with Gasteiger partial charge in [0.15, 0.2) is 5.65 Å². The molecule has 0 saturated heterocycles. The molecule has 2 aromatic rings. The molecule has 102 valence electrons. The fourth-order valence-electron chi connectivity index (χ4n) is 2.09. The van der Waals surface area contributed by atoms with Gasteiger partial charge in [0.2, 0.25) is 0 Å². The number of imidazole rings is 1. The van der Waals surface area contributed by atoms with Gasteiger partial charge < -0.3 is 9.72 Å². The van der Waals surface area contributed by atoms with Crippen molar-refractivity contribution in [2.24, 2.45) is 0 Å². The van der Waals surface area contributed by atoms with Crippen LogP contribution < -0.4 is 0 Å². The maximum atomic E-state index is 12.0. The number of hydrogen-bond donors (Lipinski definition) is 1. The number of fused-ring (bicyclic) bond motifs is 1. The van der Waals surface area contributed by atoms with E-state index in [1.54, 1.807) is 6.20 Å². The number of carbonyl (C=O) groups is 1. The standard InChI is InChI=1S/C14H19N3O2/c1-4-6-10(14(18)19-5-2)12-16-11-7-9(3)8-15-13(11)17-12/h7-8,10H,4-6H2,1-3H3,(H,15,16,17). The summed E-state index contributed by atoms with van der Waals surface area (Å²) in [7, 11) is 0. The molecule has 0 aliphatic rings. The molecule has 5 heteroatoms. The monoisotopic (exact) mass is 261 g/mol. The smallest absolute Gasteiger partial charge is 0.316 e. The molecular formula is C14H19N3O2. The molecule has 1 atom stereocenters. The summed E-state index contributed by atoms with van der Waals surface area (Å²) in [5.41, 5.74) is 2.57. The van der Waals surface area contributed by atoms with Crippen LogP contribution >= 0.6 is 0 Å². The number of H-pyrrole nitrogens is 1. The Morgan fingerprint density at radius 3 is 2.95 bits per heavy atom. The van der Waals surface area contributed by atoms with E-state index in [9.17, 15) is 4.79 Å². The second-order valence-corrected chi connectivity index (χ2v) is 4.60. The second kappa shape index (κ2) is 5.82. The van der Waals surface area contributed by atoms with Crippen LogP contribution in [0, 0.1) is 6.92 Å². The highest BCUT2D eigenvalue weighted by Gasteiger charge is 2.24. The molecule has 0 saturated carbocycles. The molecule has 0 radical (unpaired) electrons. The number of nitrogens with zero attached hydrogens (tertiary/aromatic N) is 2. The molecule has 0 aromatic carbocycles. The summed E-state index contributed by atoms with van der Waals surface area (Å²) >= 11 is 0. The average Bonchev–Trinajstić information content (AvgIpc) is 2.78. The molecule has 0 bridgehead atoms. The summed E-state index contributed by atoms with van der Waals surface area (Å²) < 4.78 is 5.11. The quantitative estimate of drug-likeness (QED) is 0.840. The van der Waals surface area contributed by atoms with Crippen LogP contribution in [0.4, 0.5) is 0 Å². The maximum Gasteiger partial charge on any atom is 0.316 e. The first-order chi connectivity index (χ1) is 9.15. The molecule has 5 nitrogen and oxygen atoms in total. The van der Waals surface area contributed by atoms with Crippen molar-refractivity contribution >= 4 is 17.1 Å². The number of hydrogen-bond acceptors (Lipinski definition) is 4. The van der Waals surface area contributed by atoms with E-state index in [-0.39, 0.29) is 11.9 Å². The Labute approximate surface area is 112 Å². The Morgan fingerprint density at radius 2 is 2.26 bits per heavy atom. The number of nitrogens with one attached hydrogen (secondary N) is 1. The lowest BCUT2D eigenvalue weighted by Gasteiger charge is -2.11. The molecule has 1 N–H and O–H groups in total. The van der Waals surface area contributed by atoms with Crippen LogP contribution in [0.15, 0.2) is 12.3 Å². The summed E-state index contributed by atoms with van der Waals surface area (Å²) in [6, 6.07) is 1.98. The zero-order chi connectivity index (χ0) is 13.8. The molecule has 0 fully saturated rings. The number of carbonyl (C=O) groups excluding carboxylic acids is 1. The third-order valence-corrected chi connectivity index (χ3v) is 2.97. The summed E-state index contributed by atoms with van der Waals surface area (Å²) in [6.45, 7) is 6.21. The van der Waals surface area contributed by atoms with Crippen LogP contribution in [0.25, 0.3) is 11.2 Å². The van der Waals surface area contributed by atoms with Crippen LogP contribution in [0.2, 0.25) is 0 Å². The molecular weight excluding hydrogens is 242 g/mol. The van der Waals surface area contributed by atoms with Crippen molar-refractivity contribution in [3.05, 3.63) is 23.7 Å². The third kappa shape index (κ3) is 2.92. The lowest BCUT2D eigenvalue weighted by Crippen LogP contribution is -2.17. The van der Waals surface area contributed by atoms with E-state index in [1.807, 2.05) is 26.8 Å². The van der Waals surface area contributed by atoms with E-state index in [4.69, 9.17) is 4.74 Å². The number of aromatic amines is 1. The van der Waals surface area contributed by atoms with E-state index in [0.29, 0.717) is 18.1 Å². The number of aromatic nitrogens is 3. The van der Waals surface area contributed by atoms with Crippen LogP contribution in [0.3, 0.4) is 0 Å². The van der Waals surface area contributed by atoms with Gasteiger partial charge in [0, 0.05) is 6.20 Å².